The summed E-state index contributed by atoms with van der Waals surface area (Å²) in [6.07, 6.45) is 0.585. The molecule has 3 aromatic carbocycles. The number of phenols is 2. The first-order chi connectivity index (χ1) is 16.5. The molecule has 34 heavy (non-hydrogen) atoms. The Hall–Kier alpha value is -4.33. The number of benzene rings is 3. The van der Waals surface area contributed by atoms with E-state index in [4.69, 9.17) is 18.6 Å². The second-order valence-electron chi connectivity index (χ2n) is 7.46. The van der Waals surface area contributed by atoms with E-state index >= 15 is 0 Å². The fourth-order valence-corrected chi connectivity index (χ4v) is 3.57. The van der Waals surface area contributed by atoms with E-state index in [0.29, 0.717) is 24.3 Å². The molecular formula is C26H25NO7. The van der Waals surface area contributed by atoms with Crippen LogP contribution in [-0.2, 0) is 0 Å². The molecule has 0 saturated carbocycles. The van der Waals surface area contributed by atoms with E-state index in [1.807, 2.05) is 42.5 Å². The summed E-state index contributed by atoms with van der Waals surface area (Å²) >= 11 is 0. The summed E-state index contributed by atoms with van der Waals surface area (Å²) in [4.78, 5) is 12.8. The molecule has 176 valence electrons. The van der Waals surface area contributed by atoms with Gasteiger partial charge in [-0.25, -0.2) is 0 Å². The van der Waals surface area contributed by atoms with Crippen LogP contribution in [0.2, 0.25) is 0 Å². The highest BCUT2D eigenvalue weighted by Gasteiger charge is 2.25. The van der Waals surface area contributed by atoms with Crippen LogP contribution >= 0.6 is 0 Å². The number of hydrogen-bond acceptors (Lipinski definition) is 8. The van der Waals surface area contributed by atoms with Gasteiger partial charge in [0, 0.05) is 23.9 Å². The molecule has 0 radical (unpaired) electrons. The second kappa shape index (κ2) is 10.1. The van der Waals surface area contributed by atoms with Gasteiger partial charge in [-0.15, -0.1) is 0 Å². The van der Waals surface area contributed by atoms with Crippen molar-refractivity contribution in [3.63, 3.8) is 0 Å². The Morgan fingerprint density at radius 1 is 0.912 bits per heavy atom. The molecule has 8 nitrogen and oxygen atoms in total. The molecule has 1 heterocycles. The SMILES string of the molecule is COc1ccc(NCCCOc2c(O)c(O)c3c(=O)cc(-c4ccccc4)oc3c2OC)cc1. The Morgan fingerprint density at radius 3 is 2.32 bits per heavy atom. The number of hydrogen-bond donors (Lipinski definition) is 3. The van der Waals surface area contributed by atoms with Crippen LogP contribution in [-0.4, -0.2) is 37.6 Å². The zero-order valence-electron chi connectivity index (χ0n) is 18.8. The predicted octanol–water partition coefficient (Wildman–Crippen LogP) is 4.77. The highest BCUT2D eigenvalue weighted by Crippen LogP contribution is 2.49. The minimum absolute atomic E-state index is 0.00416. The normalized spacial score (nSPS) is 10.8. The van der Waals surface area contributed by atoms with E-state index in [1.54, 1.807) is 19.2 Å². The number of phenolic OH excluding ortho intramolecular Hbond substituents is 2. The van der Waals surface area contributed by atoms with Crippen LogP contribution in [0.3, 0.4) is 0 Å². The minimum Gasteiger partial charge on any atom is -0.504 e. The number of anilines is 1. The number of aromatic hydroxyl groups is 2. The molecule has 3 N–H and O–H groups in total. The second-order valence-corrected chi connectivity index (χ2v) is 7.46. The van der Waals surface area contributed by atoms with Crippen molar-refractivity contribution in [2.75, 3.05) is 32.7 Å². The van der Waals surface area contributed by atoms with Crippen molar-refractivity contribution in [2.24, 2.45) is 0 Å². The van der Waals surface area contributed by atoms with Crippen LogP contribution in [0, 0.1) is 0 Å². The maximum atomic E-state index is 12.8. The van der Waals surface area contributed by atoms with Crippen molar-refractivity contribution in [3.05, 3.63) is 70.9 Å². The molecule has 8 heteroatoms. The van der Waals surface area contributed by atoms with Gasteiger partial charge < -0.3 is 34.2 Å². The maximum Gasteiger partial charge on any atom is 0.211 e. The summed E-state index contributed by atoms with van der Waals surface area (Å²) in [6.45, 7) is 0.808. The van der Waals surface area contributed by atoms with Crippen LogP contribution in [0.15, 0.2) is 69.9 Å². The number of rotatable bonds is 9. The molecule has 0 amide bonds. The number of ether oxygens (including phenoxy) is 3. The van der Waals surface area contributed by atoms with Crippen LogP contribution in [0.4, 0.5) is 5.69 Å². The summed E-state index contributed by atoms with van der Waals surface area (Å²) in [5.74, 6) is -0.179. The molecule has 0 unspecified atom stereocenters. The van der Waals surface area contributed by atoms with E-state index in [9.17, 15) is 15.0 Å². The Morgan fingerprint density at radius 2 is 1.65 bits per heavy atom. The largest absolute Gasteiger partial charge is 0.504 e. The molecule has 0 aliphatic heterocycles. The Labute approximate surface area is 195 Å². The fourth-order valence-electron chi connectivity index (χ4n) is 3.57. The fraction of sp³-hybridized carbons (Fsp3) is 0.192. The Bertz CT molecular complexity index is 1330. The van der Waals surface area contributed by atoms with Crippen molar-refractivity contribution >= 4 is 16.7 Å². The van der Waals surface area contributed by atoms with Crippen molar-refractivity contribution < 1.29 is 28.8 Å². The first kappa shape index (κ1) is 22.8. The lowest BCUT2D eigenvalue weighted by Gasteiger charge is -2.16. The van der Waals surface area contributed by atoms with Gasteiger partial charge in [0.2, 0.25) is 17.2 Å². The highest BCUT2D eigenvalue weighted by atomic mass is 16.5. The average Bonchev–Trinajstić information content (AvgIpc) is 2.87. The van der Waals surface area contributed by atoms with E-state index < -0.39 is 16.9 Å². The summed E-state index contributed by atoms with van der Waals surface area (Å²) in [5, 5.41) is 24.1. The maximum absolute atomic E-state index is 12.8. The van der Waals surface area contributed by atoms with Gasteiger partial charge in [-0.3, -0.25) is 4.79 Å². The summed E-state index contributed by atoms with van der Waals surface area (Å²) in [6, 6.07) is 17.9. The molecule has 0 spiro atoms. The van der Waals surface area contributed by atoms with Crippen molar-refractivity contribution in [2.45, 2.75) is 6.42 Å². The van der Waals surface area contributed by atoms with Gasteiger partial charge in [0.25, 0.3) is 0 Å². The number of nitrogens with one attached hydrogen (secondary N) is 1. The van der Waals surface area contributed by atoms with E-state index in [0.717, 1.165) is 11.4 Å². The lowest BCUT2D eigenvalue weighted by atomic mass is 10.1. The molecule has 0 saturated heterocycles. The Balaban J connectivity index is 1.56. The minimum atomic E-state index is -0.615. The summed E-state index contributed by atoms with van der Waals surface area (Å²) in [5.41, 5.74) is 1.10. The lowest BCUT2D eigenvalue weighted by Crippen LogP contribution is -2.09. The monoisotopic (exact) mass is 463 g/mol. The zero-order chi connectivity index (χ0) is 24.1. The molecule has 0 fully saturated rings. The van der Waals surface area contributed by atoms with Crippen LogP contribution in [0.5, 0.6) is 28.7 Å². The Kier molecular flexibility index (Phi) is 6.77. The van der Waals surface area contributed by atoms with Crippen LogP contribution in [0.25, 0.3) is 22.3 Å². The van der Waals surface area contributed by atoms with Gasteiger partial charge >= 0.3 is 0 Å². The average molecular weight is 463 g/mol. The third kappa shape index (κ3) is 4.56. The van der Waals surface area contributed by atoms with Gasteiger partial charge in [0.05, 0.1) is 20.8 Å². The zero-order valence-corrected chi connectivity index (χ0v) is 18.8. The first-order valence-corrected chi connectivity index (χ1v) is 10.7. The third-order valence-corrected chi connectivity index (χ3v) is 5.29. The molecule has 4 rings (SSSR count). The topological polar surface area (TPSA) is 110 Å². The van der Waals surface area contributed by atoms with Gasteiger partial charge in [-0.1, -0.05) is 30.3 Å². The molecule has 0 bridgehead atoms. The summed E-state index contributed by atoms with van der Waals surface area (Å²) < 4.78 is 22.3. The van der Waals surface area contributed by atoms with Crippen LogP contribution < -0.4 is 25.0 Å². The molecule has 0 atom stereocenters. The van der Waals surface area contributed by atoms with E-state index in [-0.39, 0.29) is 29.1 Å². The third-order valence-electron chi connectivity index (χ3n) is 5.29. The van der Waals surface area contributed by atoms with Crippen LogP contribution in [0.1, 0.15) is 6.42 Å². The standard InChI is InChI=1S/C26H25NO7/c1-31-18-11-9-17(10-12-18)27-13-6-14-33-25-23(30)22(29)21-19(28)15-20(16-7-4-3-5-8-16)34-24(21)26(25)32-2/h3-5,7-12,15,27,29-30H,6,13-14H2,1-2H3. The van der Waals surface area contributed by atoms with Gasteiger partial charge in [-0.2, -0.15) is 0 Å². The highest BCUT2D eigenvalue weighted by molar-refractivity contribution is 5.95. The molecule has 0 aliphatic rings. The van der Waals surface area contributed by atoms with Gasteiger partial charge in [-0.05, 0) is 30.7 Å². The molecule has 1 aromatic heterocycles. The first-order valence-electron chi connectivity index (χ1n) is 10.7. The quantitative estimate of drug-likeness (QED) is 0.241. The van der Waals surface area contributed by atoms with Crippen molar-refractivity contribution in [1.29, 1.82) is 0 Å². The van der Waals surface area contributed by atoms with Gasteiger partial charge in [0.1, 0.15) is 16.9 Å². The lowest BCUT2D eigenvalue weighted by molar-refractivity contribution is 0.272. The molecule has 0 aliphatic carbocycles. The van der Waals surface area contributed by atoms with Gasteiger partial charge in [0.15, 0.2) is 16.8 Å². The number of fused-ring (bicyclic) bond motifs is 1. The van der Waals surface area contributed by atoms with E-state index in [1.165, 1.54) is 13.2 Å². The molecule has 4 aromatic rings. The van der Waals surface area contributed by atoms with E-state index in [2.05, 4.69) is 5.32 Å². The summed E-state index contributed by atoms with van der Waals surface area (Å²) in [7, 11) is 2.99. The van der Waals surface area contributed by atoms with Crippen molar-refractivity contribution in [1.82, 2.24) is 0 Å². The molecular weight excluding hydrogens is 438 g/mol. The number of methoxy groups -OCH3 is 2. The predicted molar refractivity (Wildman–Crippen MR) is 129 cm³/mol. The smallest absolute Gasteiger partial charge is 0.211 e. The van der Waals surface area contributed by atoms with Crippen molar-refractivity contribution in [3.8, 4) is 40.1 Å².